The molecule has 2 aliphatic heterocycles. The molecule has 0 fully saturated rings. The van der Waals surface area contributed by atoms with Gasteiger partial charge in [-0.05, 0) is 134 Å². The van der Waals surface area contributed by atoms with E-state index in [4.69, 9.17) is 0 Å². The maximum absolute atomic E-state index is 2.83. The lowest BCUT2D eigenvalue weighted by molar-refractivity contribution is 0.551. The molecule has 0 saturated heterocycles. The lowest BCUT2D eigenvalue weighted by atomic mass is 9.33. The van der Waals surface area contributed by atoms with E-state index in [-0.39, 0.29) is 35.0 Å². The second-order valence-corrected chi connectivity index (χ2v) is 19.6. The topological polar surface area (TPSA) is 6.48 Å². The van der Waals surface area contributed by atoms with Gasteiger partial charge in [0.25, 0.3) is 6.71 Å². The van der Waals surface area contributed by atoms with E-state index in [0.717, 1.165) is 25.7 Å². The van der Waals surface area contributed by atoms with Crippen LogP contribution in [0.3, 0.4) is 0 Å². The van der Waals surface area contributed by atoms with Gasteiger partial charge in [-0.25, -0.2) is 0 Å². The lowest BCUT2D eigenvalue weighted by Gasteiger charge is -2.50. The first-order chi connectivity index (χ1) is 25.2. The third kappa shape index (κ3) is 5.59. The van der Waals surface area contributed by atoms with Crippen LogP contribution >= 0.6 is 0 Å². The number of hydrogen-bond acceptors (Lipinski definition) is 2. The first-order valence-corrected chi connectivity index (χ1v) is 20.4. The van der Waals surface area contributed by atoms with Crippen molar-refractivity contribution in [2.24, 2.45) is 0 Å². The van der Waals surface area contributed by atoms with Gasteiger partial charge in [-0.1, -0.05) is 135 Å². The van der Waals surface area contributed by atoms with Crippen LogP contribution in [0.2, 0.25) is 0 Å². The highest BCUT2D eigenvalue weighted by Gasteiger charge is 2.47. The summed E-state index contributed by atoms with van der Waals surface area (Å²) in [6, 6.07) is 39.5. The average Bonchev–Trinajstić information content (AvgIpc) is 3.12. The number of aryl methyl sites for hydroxylation is 2. The van der Waals surface area contributed by atoms with Gasteiger partial charge in [0.15, 0.2) is 0 Å². The molecule has 270 valence electrons. The fourth-order valence-corrected chi connectivity index (χ4v) is 10.1. The number of fused-ring (bicyclic) bond motifs is 6. The number of rotatable bonds is 2. The monoisotopic (exact) mass is 696 g/mol. The van der Waals surface area contributed by atoms with Gasteiger partial charge in [-0.2, -0.15) is 0 Å². The third-order valence-electron chi connectivity index (χ3n) is 13.0. The van der Waals surface area contributed by atoms with Gasteiger partial charge in [0.1, 0.15) is 0 Å². The fourth-order valence-electron chi connectivity index (χ4n) is 10.1. The predicted octanol–water partition coefficient (Wildman–Crippen LogP) is 11.2. The Morgan fingerprint density at radius 2 is 0.868 bits per heavy atom. The quantitative estimate of drug-likeness (QED) is 0.170. The van der Waals surface area contributed by atoms with Crippen molar-refractivity contribution in [1.29, 1.82) is 0 Å². The number of anilines is 4. The van der Waals surface area contributed by atoms with Crippen LogP contribution in [-0.4, -0.2) is 6.71 Å². The number of hydrogen-bond donors (Lipinski definition) is 0. The Bertz CT molecular complexity index is 2090. The van der Waals surface area contributed by atoms with Crippen molar-refractivity contribution in [2.45, 2.75) is 129 Å². The summed E-state index contributed by atoms with van der Waals surface area (Å²) in [5.41, 5.74) is 20.3. The SMILES string of the molecule is CC(C)(C)c1ccc2c(c1)N(C1CCCc3ccccc31)c1cc(C(C)(C)C)cc3c1B2c1ccc(C(C)(C)C)cc1N3C1CCCc2ccccc21. The largest absolute Gasteiger partial charge is 0.335 e. The van der Waals surface area contributed by atoms with Crippen molar-refractivity contribution >= 4 is 45.9 Å². The van der Waals surface area contributed by atoms with Crippen LogP contribution < -0.4 is 26.2 Å². The van der Waals surface area contributed by atoms with Crippen LogP contribution in [0.15, 0.2) is 97.1 Å². The second-order valence-electron chi connectivity index (χ2n) is 19.6. The summed E-state index contributed by atoms with van der Waals surface area (Å²) >= 11 is 0. The van der Waals surface area contributed by atoms with E-state index in [1.54, 1.807) is 0 Å². The summed E-state index contributed by atoms with van der Waals surface area (Å²) in [7, 11) is 0. The predicted molar refractivity (Wildman–Crippen MR) is 229 cm³/mol. The average molecular weight is 697 g/mol. The Kier molecular flexibility index (Phi) is 7.91. The van der Waals surface area contributed by atoms with Gasteiger partial charge in [0, 0.05) is 22.7 Å². The van der Waals surface area contributed by atoms with E-state index in [1.807, 2.05) is 0 Å². The van der Waals surface area contributed by atoms with E-state index in [9.17, 15) is 0 Å². The van der Waals surface area contributed by atoms with E-state index < -0.39 is 0 Å². The third-order valence-corrected chi connectivity index (χ3v) is 13.0. The molecule has 2 heterocycles. The first-order valence-electron chi connectivity index (χ1n) is 20.4. The Hall–Kier alpha value is -4.24. The molecule has 53 heavy (non-hydrogen) atoms. The summed E-state index contributed by atoms with van der Waals surface area (Å²) in [6.07, 6.45) is 7.05. The fraction of sp³-hybridized carbons (Fsp3) is 0.400. The standard InChI is InChI=1S/C50H57BN2/c1-48(2,3)34-24-26-39-43(28-34)52(41-22-14-18-32-16-10-12-20-37(32)41)45-30-36(50(7,8)9)31-46-47(45)51(39)40-27-25-35(49(4,5)6)29-44(40)53(46)42-23-15-19-33-17-11-13-21-38(33)42/h10-13,16-17,20-21,24-31,41-42H,14-15,18-19,22-23H2,1-9H3. The van der Waals surface area contributed by atoms with Crippen LogP contribution in [-0.2, 0) is 29.1 Å². The lowest BCUT2D eigenvalue weighted by Crippen LogP contribution is -2.63. The van der Waals surface area contributed by atoms with Crippen LogP contribution in [0.1, 0.15) is 139 Å². The van der Waals surface area contributed by atoms with Gasteiger partial charge in [-0.3, -0.25) is 0 Å². The Balaban J connectivity index is 1.40. The maximum Gasteiger partial charge on any atom is 0.252 e. The molecule has 2 aliphatic carbocycles. The van der Waals surface area contributed by atoms with Gasteiger partial charge in [0.2, 0.25) is 0 Å². The minimum atomic E-state index is -0.0195. The Morgan fingerprint density at radius 1 is 0.472 bits per heavy atom. The van der Waals surface area contributed by atoms with Crippen molar-refractivity contribution in [1.82, 2.24) is 0 Å². The summed E-state index contributed by atoms with van der Waals surface area (Å²) < 4.78 is 0. The van der Waals surface area contributed by atoms with E-state index in [0.29, 0.717) is 0 Å². The molecule has 0 amide bonds. The van der Waals surface area contributed by atoms with E-state index >= 15 is 0 Å². The molecule has 0 saturated carbocycles. The Labute approximate surface area is 319 Å². The van der Waals surface area contributed by atoms with Crippen molar-refractivity contribution in [3.05, 3.63) is 136 Å². The second kappa shape index (κ2) is 12.1. The molecule has 4 aliphatic rings. The molecule has 0 N–H and O–H groups in total. The molecular weight excluding hydrogens is 639 g/mol. The molecule has 0 radical (unpaired) electrons. The molecule has 9 rings (SSSR count). The number of nitrogens with zero attached hydrogens (tertiary/aromatic N) is 2. The molecule has 3 heteroatoms. The summed E-state index contributed by atoms with van der Waals surface area (Å²) in [4.78, 5) is 5.66. The van der Waals surface area contributed by atoms with Crippen LogP contribution in [0, 0.1) is 0 Å². The van der Waals surface area contributed by atoms with Crippen molar-refractivity contribution in [3.63, 3.8) is 0 Å². The Morgan fingerprint density at radius 3 is 1.28 bits per heavy atom. The molecule has 5 aromatic carbocycles. The van der Waals surface area contributed by atoms with Crippen molar-refractivity contribution in [3.8, 4) is 0 Å². The van der Waals surface area contributed by atoms with Crippen LogP contribution in [0.5, 0.6) is 0 Å². The summed E-state index contributed by atoms with van der Waals surface area (Å²) in [5, 5.41) is 0. The molecule has 2 atom stereocenters. The highest BCUT2D eigenvalue weighted by Crippen LogP contribution is 2.50. The summed E-state index contributed by atoms with van der Waals surface area (Å²) in [5.74, 6) is 0. The minimum Gasteiger partial charge on any atom is -0.335 e. The molecule has 0 spiro atoms. The normalized spacial score (nSPS) is 19.2. The van der Waals surface area contributed by atoms with Gasteiger partial charge in [0.05, 0.1) is 12.1 Å². The highest BCUT2D eigenvalue weighted by atomic mass is 15.2. The molecule has 2 nitrogen and oxygen atoms in total. The summed E-state index contributed by atoms with van der Waals surface area (Å²) in [6.45, 7) is 21.6. The van der Waals surface area contributed by atoms with Crippen LogP contribution in [0.25, 0.3) is 0 Å². The van der Waals surface area contributed by atoms with Gasteiger partial charge < -0.3 is 9.80 Å². The van der Waals surface area contributed by atoms with Crippen LogP contribution in [0.4, 0.5) is 22.7 Å². The molecular formula is C50H57BN2. The van der Waals surface area contributed by atoms with Gasteiger partial charge >= 0.3 is 0 Å². The molecule has 0 bridgehead atoms. The zero-order valence-electron chi connectivity index (χ0n) is 33.6. The maximum atomic E-state index is 2.83. The van der Waals surface area contributed by atoms with E-state index in [2.05, 4.69) is 169 Å². The van der Waals surface area contributed by atoms with E-state index in [1.165, 1.54) is 90.9 Å². The zero-order chi connectivity index (χ0) is 37.0. The molecule has 5 aromatic rings. The molecule has 0 aromatic heterocycles. The highest BCUT2D eigenvalue weighted by molar-refractivity contribution is 7.00. The minimum absolute atomic E-state index is 0.0195. The van der Waals surface area contributed by atoms with Crippen molar-refractivity contribution < 1.29 is 0 Å². The smallest absolute Gasteiger partial charge is 0.252 e. The van der Waals surface area contributed by atoms with Gasteiger partial charge in [-0.15, -0.1) is 0 Å². The van der Waals surface area contributed by atoms with Crippen molar-refractivity contribution in [2.75, 3.05) is 9.80 Å². The zero-order valence-corrected chi connectivity index (χ0v) is 33.6. The number of benzene rings is 5. The first kappa shape index (κ1) is 34.5. The molecule has 2 unspecified atom stereocenters.